The molecule has 140 valence electrons. The van der Waals surface area contributed by atoms with Crippen LogP contribution in [0.2, 0.25) is 0 Å². The zero-order valence-corrected chi connectivity index (χ0v) is 15.4. The van der Waals surface area contributed by atoms with E-state index < -0.39 is 0 Å². The Hall–Kier alpha value is -2.69. The number of benzene rings is 2. The molecular weight excluding hydrogens is 343 g/mol. The Morgan fingerprint density at radius 1 is 1.15 bits per heavy atom. The van der Waals surface area contributed by atoms with Gasteiger partial charge in [0.25, 0.3) is 0 Å². The van der Waals surface area contributed by atoms with Gasteiger partial charge in [0.1, 0.15) is 5.82 Å². The molecule has 1 saturated carbocycles. The molecule has 0 bridgehead atoms. The van der Waals surface area contributed by atoms with Crippen molar-refractivity contribution in [1.29, 1.82) is 0 Å². The SMILES string of the molecule is CC(C(=O)Nc1ccc(F)cc1)c1ccc2c(c1)CCCN2C(=O)C1CC1. The summed E-state index contributed by atoms with van der Waals surface area (Å²) in [4.78, 5) is 27.0. The zero-order valence-electron chi connectivity index (χ0n) is 15.4. The highest BCUT2D eigenvalue weighted by Gasteiger charge is 2.35. The quantitative estimate of drug-likeness (QED) is 0.879. The number of nitrogens with one attached hydrogen (secondary N) is 1. The monoisotopic (exact) mass is 366 g/mol. The van der Waals surface area contributed by atoms with E-state index in [9.17, 15) is 14.0 Å². The van der Waals surface area contributed by atoms with Crippen molar-refractivity contribution in [2.75, 3.05) is 16.8 Å². The van der Waals surface area contributed by atoms with E-state index in [1.807, 2.05) is 24.0 Å². The second-order valence-electron chi connectivity index (χ2n) is 7.47. The maximum absolute atomic E-state index is 13.0. The van der Waals surface area contributed by atoms with E-state index in [4.69, 9.17) is 0 Å². The average molecular weight is 366 g/mol. The molecule has 1 unspecified atom stereocenters. The summed E-state index contributed by atoms with van der Waals surface area (Å²) >= 11 is 0. The third-order valence-corrected chi connectivity index (χ3v) is 5.42. The number of hydrogen-bond donors (Lipinski definition) is 1. The minimum absolute atomic E-state index is 0.136. The van der Waals surface area contributed by atoms with E-state index in [0.717, 1.165) is 49.0 Å². The van der Waals surface area contributed by atoms with Crippen LogP contribution in [0.5, 0.6) is 0 Å². The normalized spacial score (nSPS) is 17.2. The number of nitrogens with zero attached hydrogens (tertiary/aromatic N) is 1. The number of carbonyl (C=O) groups excluding carboxylic acids is 2. The van der Waals surface area contributed by atoms with Gasteiger partial charge in [0.2, 0.25) is 11.8 Å². The molecule has 2 amide bonds. The lowest BCUT2D eigenvalue weighted by molar-refractivity contribution is -0.120. The molecule has 0 radical (unpaired) electrons. The first-order chi connectivity index (χ1) is 13.0. The van der Waals surface area contributed by atoms with Crippen LogP contribution in [0.15, 0.2) is 42.5 Å². The first kappa shape index (κ1) is 17.7. The summed E-state index contributed by atoms with van der Waals surface area (Å²) in [6.07, 6.45) is 3.88. The third-order valence-electron chi connectivity index (χ3n) is 5.42. The van der Waals surface area contributed by atoms with Crippen molar-refractivity contribution < 1.29 is 14.0 Å². The van der Waals surface area contributed by atoms with Crippen LogP contribution in [0.4, 0.5) is 15.8 Å². The summed E-state index contributed by atoms with van der Waals surface area (Å²) in [6, 6.07) is 11.7. The lowest BCUT2D eigenvalue weighted by Gasteiger charge is -2.30. The lowest BCUT2D eigenvalue weighted by Crippen LogP contribution is -2.36. The van der Waals surface area contributed by atoms with Crippen LogP contribution in [0.1, 0.15) is 43.2 Å². The van der Waals surface area contributed by atoms with E-state index in [2.05, 4.69) is 11.4 Å². The third kappa shape index (κ3) is 3.72. The number of aryl methyl sites for hydroxylation is 1. The van der Waals surface area contributed by atoms with Crippen LogP contribution in [0.3, 0.4) is 0 Å². The summed E-state index contributed by atoms with van der Waals surface area (Å²) < 4.78 is 13.0. The number of fused-ring (bicyclic) bond motifs is 1. The highest BCUT2D eigenvalue weighted by atomic mass is 19.1. The summed E-state index contributed by atoms with van der Waals surface area (Å²) in [5.41, 5.74) is 3.63. The van der Waals surface area contributed by atoms with E-state index >= 15 is 0 Å². The van der Waals surface area contributed by atoms with Crippen molar-refractivity contribution in [1.82, 2.24) is 0 Å². The molecular formula is C22H23FN2O2. The zero-order chi connectivity index (χ0) is 19.0. The molecule has 5 heteroatoms. The molecule has 0 aromatic heterocycles. The summed E-state index contributed by atoms with van der Waals surface area (Å²) in [6.45, 7) is 2.64. The molecule has 1 heterocycles. The van der Waals surface area contributed by atoms with Crippen LogP contribution in [-0.4, -0.2) is 18.4 Å². The van der Waals surface area contributed by atoms with Gasteiger partial charge in [-0.2, -0.15) is 0 Å². The molecule has 1 aliphatic carbocycles. The van der Waals surface area contributed by atoms with Gasteiger partial charge in [-0.3, -0.25) is 9.59 Å². The van der Waals surface area contributed by atoms with E-state index in [0.29, 0.717) is 5.69 Å². The molecule has 2 aliphatic rings. The topological polar surface area (TPSA) is 49.4 Å². The van der Waals surface area contributed by atoms with Gasteiger partial charge in [-0.05, 0) is 74.1 Å². The average Bonchev–Trinajstić information content (AvgIpc) is 3.53. The van der Waals surface area contributed by atoms with Crippen molar-refractivity contribution in [3.05, 3.63) is 59.4 Å². The maximum atomic E-state index is 13.0. The molecule has 27 heavy (non-hydrogen) atoms. The molecule has 1 atom stereocenters. The van der Waals surface area contributed by atoms with Crippen LogP contribution < -0.4 is 10.2 Å². The van der Waals surface area contributed by atoms with Crippen LogP contribution in [0, 0.1) is 11.7 Å². The molecule has 1 fully saturated rings. The van der Waals surface area contributed by atoms with Crippen LogP contribution in [0.25, 0.3) is 0 Å². The number of amides is 2. The predicted molar refractivity (Wildman–Crippen MR) is 103 cm³/mol. The molecule has 2 aromatic rings. The Morgan fingerprint density at radius 3 is 2.59 bits per heavy atom. The van der Waals surface area contributed by atoms with Gasteiger partial charge in [-0.1, -0.05) is 12.1 Å². The minimum Gasteiger partial charge on any atom is -0.326 e. The standard InChI is InChI=1S/C22H23FN2O2/c1-14(21(26)24-19-9-7-18(23)8-10-19)16-6-11-20-17(13-16)3-2-12-25(20)22(27)15-4-5-15/h6-11,13-15H,2-5,12H2,1H3,(H,24,26). The van der Waals surface area contributed by atoms with E-state index in [1.54, 1.807) is 12.1 Å². The van der Waals surface area contributed by atoms with Gasteiger partial charge in [0, 0.05) is 23.8 Å². The highest BCUT2D eigenvalue weighted by molar-refractivity contribution is 5.98. The van der Waals surface area contributed by atoms with Crippen molar-refractivity contribution in [2.45, 2.75) is 38.5 Å². The van der Waals surface area contributed by atoms with Gasteiger partial charge in [0.15, 0.2) is 0 Å². The van der Waals surface area contributed by atoms with Crippen molar-refractivity contribution in [2.24, 2.45) is 5.92 Å². The van der Waals surface area contributed by atoms with Gasteiger partial charge in [-0.15, -0.1) is 0 Å². The number of carbonyl (C=O) groups is 2. The largest absolute Gasteiger partial charge is 0.326 e. The molecule has 4 rings (SSSR count). The number of anilines is 2. The van der Waals surface area contributed by atoms with Gasteiger partial charge in [0.05, 0.1) is 5.92 Å². The molecule has 0 saturated heterocycles. The first-order valence-electron chi connectivity index (χ1n) is 9.53. The van der Waals surface area contributed by atoms with Crippen molar-refractivity contribution in [3.8, 4) is 0 Å². The molecule has 1 N–H and O–H groups in total. The smallest absolute Gasteiger partial charge is 0.231 e. The van der Waals surface area contributed by atoms with Gasteiger partial charge >= 0.3 is 0 Å². The Morgan fingerprint density at radius 2 is 1.89 bits per heavy atom. The van der Waals surface area contributed by atoms with E-state index in [1.165, 1.54) is 12.1 Å². The predicted octanol–water partition coefficient (Wildman–Crippen LogP) is 4.26. The van der Waals surface area contributed by atoms with E-state index in [-0.39, 0.29) is 29.5 Å². The maximum Gasteiger partial charge on any atom is 0.231 e. The molecule has 0 spiro atoms. The number of hydrogen-bond acceptors (Lipinski definition) is 2. The fourth-order valence-corrected chi connectivity index (χ4v) is 3.60. The molecule has 1 aliphatic heterocycles. The van der Waals surface area contributed by atoms with Crippen LogP contribution in [-0.2, 0) is 16.0 Å². The van der Waals surface area contributed by atoms with Crippen LogP contribution >= 0.6 is 0 Å². The number of halogens is 1. The second-order valence-corrected chi connectivity index (χ2v) is 7.47. The Kier molecular flexibility index (Phi) is 4.68. The molecule has 2 aromatic carbocycles. The van der Waals surface area contributed by atoms with Gasteiger partial charge in [-0.25, -0.2) is 4.39 Å². The minimum atomic E-state index is -0.338. The summed E-state index contributed by atoms with van der Waals surface area (Å²) in [7, 11) is 0. The Labute approximate surface area is 158 Å². The number of rotatable bonds is 4. The Bertz CT molecular complexity index is 874. The first-order valence-corrected chi connectivity index (χ1v) is 9.53. The highest BCUT2D eigenvalue weighted by Crippen LogP contribution is 2.36. The Balaban J connectivity index is 1.51. The lowest BCUT2D eigenvalue weighted by atomic mass is 9.93. The summed E-state index contributed by atoms with van der Waals surface area (Å²) in [5.74, 6) is -0.360. The van der Waals surface area contributed by atoms with Crippen molar-refractivity contribution >= 4 is 23.2 Å². The fraction of sp³-hybridized carbons (Fsp3) is 0.364. The van der Waals surface area contributed by atoms with Gasteiger partial charge < -0.3 is 10.2 Å². The fourth-order valence-electron chi connectivity index (χ4n) is 3.60. The van der Waals surface area contributed by atoms with Crippen molar-refractivity contribution in [3.63, 3.8) is 0 Å². The summed E-state index contributed by atoms with van der Waals surface area (Å²) in [5, 5.41) is 2.83. The second kappa shape index (κ2) is 7.14. The molecule has 4 nitrogen and oxygen atoms in total.